The number of hydrogen-bond donors (Lipinski definition) is 3. The van der Waals surface area contributed by atoms with E-state index in [0.29, 0.717) is 43.6 Å². The molecule has 0 aromatic heterocycles. The fourth-order valence-electron chi connectivity index (χ4n) is 7.05. The number of hydrogen-bond acceptors (Lipinski definition) is 9. The number of likely N-dealkylation sites (tertiary alicyclic amines) is 1. The highest BCUT2D eigenvalue weighted by molar-refractivity contribution is 6.32. The molecule has 5 rings (SSSR count). The van der Waals surface area contributed by atoms with E-state index in [1.807, 2.05) is 4.90 Å². The Bertz CT molecular complexity index is 1240. The van der Waals surface area contributed by atoms with Gasteiger partial charge >= 0.3 is 0 Å². The number of aromatic hydroxyl groups is 1. The number of piperidine rings is 1. The summed E-state index contributed by atoms with van der Waals surface area (Å²) in [5.41, 5.74) is 3.59. The highest BCUT2D eigenvalue weighted by Gasteiger charge is 2.69. The van der Waals surface area contributed by atoms with Crippen LogP contribution in [0.15, 0.2) is 12.1 Å². The van der Waals surface area contributed by atoms with Gasteiger partial charge in [0.1, 0.15) is 11.9 Å². The highest BCUT2D eigenvalue weighted by atomic mass is 19.1. The maximum absolute atomic E-state index is 13.8. The maximum atomic E-state index is 13.8. The van der Waals surface area contributed by atoms with E-state index in [0.717, 1.165) is 0 Å². The number of benzene rings is 1. The molecule has 4 aliphatic rings. The highest BCUT2D eigenvalue weighted by Crippen LogP contribution is 2.50. The second kappa shape index (κ2) is 9.32. The number of nitrogens with zero attached hydrogens (tertiary/aromatic N) is 2. The Balaban J connectivity index is 1.52. The quantitative estimate of drug-likeness (QED) is 0.449. The normalized spacial score (nSPS) is 34.2. The van der Waals surface area contributed by atoms with E-state index >= 15 is 0 Å². The Labute approximate surface area is 218 Å². The summed E-state index contributed by atoms with van der Waals surface area (Å²) in [6.45, 7) is 1.33. The molecule has 10 nitrogen and oxygen atoms in total. The van der Waals surface area contributed by atoms with Crippen LogP contribution in [0.3, 0.4) is 0 Å². The van der Waals surface area contributed by atoms with Gasteiger partial charge in [-0.1, -0.05) is 12.1 Å². The van der Waals surface area contributed by atoms with Gasteiger partial charge in [-0.15, -0.1) is 0 Å². The van der Waals surface area contributed by atoms with Gasteiger partial charge < -0.3 is 15.9 Å². The first-order chi connectivity index (χ1) is 17.9. The number of ketones is 4. The molecule has 1 heterocycles. The van der Waals surface area contributed by atoms with E-state index in [1.54, 1.807) is 26.2 Å². The summed E-state index contributed by atoms with van der Waals surface area (Å²) in [6.07, 6.45) is 0.170. The molecule has 4 N–H and O–H groups in total. The number of phenolic OH excluding ortho intramolecular Hbond substituents is 1. The average Bonchev–Trinajstić information content (AvgIpc) is 2.84. The number of amides is 1. The number of halogens is 1. The molecule has 1 aliphatic heterocycles. The monoisotopic (exact) mass is 529 g/mol. The summed E-state index contributed by atoms with van der Waals surface area (Å²) < 4.78 is 13.5. The van der Waals surface area contributed by atoms with Gasteiger partial charge in [0.2, 0.25) is 5.91 Å². The van der Waals surface area contributed by atoms with Gasteiger partial charge in [-0.3, -0.25) is 33.8 Å². The standard InChI is InChI=1S/C27H32FN3O7/c1-30(2)20-16-10-14-9-12-3-4-13(11-31-7-5-15(28)6-8-31)21(32)17(12)22(33)18(14)24(35)27(16,38)25(36)19(23(20)34)26(29)37/h3-4,14-16,18-20,32,38H,5-11H2,1-2H3,(H2,29,37)/t14-,16-,18?,19?,20-,27-/m0/s1. The fourth-order valence-corrected chi connectivity index (χ4v) is 7.05. The van der Waals surface area contributed by atoms with Crippen molar-refractivity contribution >= 4 is 29.0 Å². The summed E-state index contributed by atoms with van der Waals surface area (Å²) >= 11 is 0. The van der Waals surface area contributed by atoms with Crippen molar-refractivity contribution in [3.63, 3.8) is 0 Å². The molecule has 0 spiro atoms. The summed E-state index contributed by atoms with van der Waals surface area (Å²) in [4.78, 5) is 69.5. The number of carbonyl (C=O) groups is 5. The average molecular weight is 530 g/mol. The first-order valence-electron chi connectivity index (χ1n) is 12.9. The third-order valence-electron chi connectivity index (χ3n) is 8.93. The van der Waals surface area contributed by atoms with Gasteiger partial charge in [0.15, 0.2) is 34.7 Å². The Kier molecular flexibility index (Phi) is 6.52. The van der Waals surface area contributed by atoms with E-state index < -0.39 is 70.5 Å². The molecule has 0 bridgehead atoms. The Morgan fingerprint density at radius 2 is 1.82 bits per heavy atom. The van der Waals surface area contributed by atoms with Crippen LogP contribution in [0.5, 0.6) is 5.75 Å². The number of aliphatic hydroxyl groups is 1. The zero-order valence-corrected chi connectivity index (χ0v) is 21.4. The van der Waals surface area contributed by atoms with Crippen molar-refractivity contribution < 1.29 is 38.6 Å². The predicted molar refractivity (Wildman–Crippen MR) is 131 cm³/mol. The van der Waals surface area contributed by atoms with Crippen LogP contribution >= 0.6 is 0 Å². The summed E-state index contributed by atoms with van der Waals surface area (Å²) in [5, 5.41) is 22.7. The lowest BCUT2D eigenvalue weighted by Crippen LogP contribution is -2.74. The summed E-state index contributed by atoms with van der Waals surface area (Å²) in [7, 11) is 3.09. The molecule has 6 atom stereocenters. The summed E-state index contributed by atoms with van der Waals surface area (Å²) in [5.74, 6) is -10.5. The molecule has 204 valence electrons. The van der Waals surface area contributed by atoms with E-state index in [2.05, 4.69) is 0 Å². The molecule has 1 aromatic rings. The van der Waals surface area contributed by atoms with Crippen LogP contribution in [0.25, 0.3) is 0 Å². The van der Waals surface area contributed by atoms with Crippen molar-refractivity contribution in [2.75, 3.05) is 27.2 Å². The second-order valence-electron chi connectivity index (χ2n) is 11.3. The van der Waals surface area contributed by atoms with Crippen molar-refractivity contribution in [2.45, 2.75) is 50.0 Å². The van der Waals surface area contributed by atoms with Gasteiger partial charge in [-0.05, 0) is 51.3 Å². The molecule has 3 fully saturated rings. The molecule has 3 aliphatic carbocycles. The number of fused-ring (bicyclic) bond motifs is 3. The molecular formula is C27H32FN3O7. The van der Waals surface area contributed by atoms with Crippen molar-refractivity contribution in [1.82, 2.24) is 9.80 Å². The number of carbonyl (C=O) groups excluding carboxylic acids is 5. The van der Waals surface area contributed by atoms with Crippen LogP contribution in [-0.4, -0.2) is 94.1 Å². The first-order valence-corrected chi connectivity index (χ1v) is 12.9. The van der Waals surface area contributed by atoms with Gasteiger partial charge in [0.05, 0.1) is 17.5 Å². The Hall–Kier alpha value is -3.02. The van der Waals surface area contributed by atoms with E-state index in [4.69, 9.17) is 5.73 Å². The minimum Gasteiger partial charge on any atom is -0.507 e. The first kappa shape index (κ1) is 26.6. The number of alkyl halides is 1. The number of primary amides is 1. The number of rotatable bonds is 4. The Morgan fingerprint density at radius 1 is 1.16 bits per heavy atom. The molecule has 1 saturated heterocycles. The Morgan fingerprint density at radius 3 is 2.42 bits per heavy atom. The minimum absolute atomic E-state index is 0.0184. The van der Waals surface area contributed by atoms with Crippen molar-refractivity contribution in [3.05, 3.63) is 28.8 Å². The maximum Gasteiger partial charge on any atom is 0.235 e. The van der Waals surface area contributed by atoms with Gasteiger partial charge in [0.25, 0.3) is 0 Å². The van der Waals surface area contributed by atoms with Crippen molar-refractivity contribution in [3.8, 4) is 5.75 Å². The number of nitrogens with two attached hydrogens (primary N) is 1. The second-order valence-corrected chi connectivity index (χ2v) is 11.3. The SMILES string of the molecule is CN(C)[C@@H]1C(=O)C(C(N)=O)C(=O)[C@@]2(O)C(=O)C3C(=O)c4c(ccc(CN5CCC(F)CC5)c4O)C[C@H]3C[C@@H]12. The summed E-state index contributed by atoms with van der Waals surface area (Å²) in [6, 6.07) is 2.33. The number of phenols is 1. The smallest absolute Gasteiger partial charge is 0.235 e. The van der Waals surface area contributed by atoms with E-state index in [9.17, 15) is 38.6 Å². The van der Waals surface area contributed by atoms with Crippen LogP contribution in [0.4, 0.5) is 4.39 Å². The van der Waals surface area contributed by atoms with Crippen LogP contribution in [0, 0.1) is 23.7 Å². The van der Waals surface area contributed by atoms with Crippen molar-refractivity contribution in [1.29, 1.82) is 0 Å². The molecular weight excluding hydrogens is 497 g/mol. The largest absolute Gasteiger partial charge is 0.507 e. The number of Topliss-reactive ketones (excluding diaryl/α,β-unsaturated/α-hetero) is 4. The lowest BCUT2D eigenvalue weighted by atomic mass is 9.52. The minimum atomic E-state index is -2.74. The molecule has 2 unspecified atom stereocenters. The lowest BCUT2D eigenvalue weighted by Gasteiger charge is -2.52. The van der Waals surface area contributed by atoms with Gasteiger partial charge in [0, 0.05) is 31.1 Å². The topological polar surface area (TPSA) is 158 Å². The third kappa shape index (κ3) is 3.82. The molecule has 1 aromatic carbocycles. The predicted octanol–water partition coefficient (Wildman–Crippen LogP) is -0.199. The lowest BCUT2D eigenvalue weighted by molar-refractivity contribution is -0.181. The van der Waals surface area contributed by atoms with Crippen LogP contribution in [-0.2, 0) is 32.1 Å². The van der Waals surface area contributed by atoms with Gasteiger partial charge in [-0.2, -0.15) is 0 Å². The molecule has 11 heteroatoms. The van der Waals surface area contributed by atoms with Crippen LogP contribution < -0.4 is 5.73 Å². The van der Waals surface area contributed by atoms with Gasteiger partial charge in [-0.25, -0.2) is 4.39 Å². The third-order valence-corrected chi connectivity index (χ3v) is 8.93. The fraction of sp³-hybridized carbons (Fsp3) is 0.593. The van der Waals surface area contributed by atoms with Crippen LogP contribution in [0.2, 0.25) is 0 Å². The molecule has 38 heavy (non-hydrogen) atoms. The molecule has 0 radical (unpaired) electrons. The zero-order valence-electron chi connectivity index (χ0n) is 21.4. The van der Waals surface area contributed by atoms with Crippen LogP contribution in [0.1, 0.15) is 40.7 Å². The van der Waals surface area contributed by atoms with E-state index in [1.165, 1.54) is 4.90 Å². The van der Waals surface area contributed by atoms with Crippen molar-refractivity contribution in [2.24, 2.45) is 29.4 Å². The number of likely N-dealkylation sites (N-methyl/N-ethyl adjacent to an activating group) is 1. The molecule has 2 saturated carbocycles. The zero-order chi connectivity index (χ0) is 27.7. The van der Waals surface area contributed by atoms with E-state index in [-0.39, 0.29) is 24.2 Å². The molecule has 1 amide bonds.